The van der Waals surface area contributed by atoms with E-state index in [4.69, 9.17) is 4.74 Å². The van der Waals surface area contributed by atoms with Crippen molar-refractivity contribution >= 4 is 0 Å². The number of nitrogens with zero attached hydrogens (tertiary/aromatic N) is 2. The average Bonchev–Trinajstić information content (AvgIpc) is 3.18. The molecular weight excluding hydrogens is 260 g/mol. The Morgan fingerprint density at radius 2 is 1.86 bits per heavy atom. The lowest BCUT2D eigenvalue weighted by Gasteiger charge is -2.30. The van der Waals surface area contributed by atoms with Gasteiger partial charge in [-0.15, -0.1) is 0 Å². The molecule has 4 rings (SSSR count). The molecule has 0 saturated heterocycles. The van der Waals surface area contributed by atoms with Crippen LogP contribution in [-0.4, -0.2) is 9.55 Å². The van der Waals surface area contributed by atoms with E-state index in [2.05, 4.69) is 58.1 Å². The average molecular weight is 276 g/mol. The van der Waals surface area contributed by atoms with Gasteiger partial charge in [0.25, 0.3) is 0 Å². The third-order valence-corrected chi connectivity index (χ3v) is 4.13. The molecule has 0 spiro atoms. The Morgan fingerprint density at radius 1 is 1.05 bits per heavy atom. The molecule has 1 atom stereocenters. The summed E-state index contributed by atoms with van der Waals surface area (Å²) in [5, 5.41) is 0. The SMILES string of the molecule is c1ccc([C@]2(Cn3ccnc3)OCc3ccccc32)cc1. The lowest BCUT2D eigenvalue weighted by molar-refractivity contribution is -0.0180. The number of benzene rings is 2. The second-order valence-corrected chi connectivity index (χ2v) is 5.37. The summed E-state index contributed by atoms with van der Waals surface area (Å²) in [6.45, 7) is 1.38. The van der Waals surface area contributed by atoms with Gasteiger partial charge < -0.3 is 9.30 Å². The van der Waals surface area contributed by atoms with E-state index in [1.165, 1.54) is 16.7 Å². The van der Waals surface area contributed by atoms with Gasteiger partial charge in [0.05, 0.1) is 19.5 Å². The van der Waals surface area contributed by atoms with Crippen molar-refractivity contribution in [2.75, 3.05) is 0 Å². The zero-order valence-electron chi connectivity index (χ0n) is 11.6. The maximum atomic E-state index is 6.32. The van der Waals surface area contributed by atoms with Gasteiger partial charge in [-0.1, -0.05) is 54.6 Å². The summed E-state index contributed by atoms with van der Waals surface area (Å²) < 4.78 is 8.40. The number of fused-ring (bicyclic) bond motifs is 1. The molecule has 1 aliphatic rings. The van der Waals surface area contributed by atoms with Crippen LogP contribution in [0.1, 0.15) is 16.7 Å². The Hall–Kier alpha value is -2.39. The smallest absolute Gasteiger partial charge is 0.137 e. The molecule has 3 heteroatoms. The molecule has 3 aromatic rings. The van der Waals surface area contributed by atoms with Crippen molar-refractivity contribution < 1.29 is 4.74 Å². The van der Waals surface area contributed by atoms with Gasteiger partial charge in [0.1, 0.15) is 5.60 Å². The van der Waals surface area contributed by atoms with Gasteiger partial charge in [-0.05, 0) is 16.7 Å². The minimum Gasteiger partial charge on any atom is -0.359 e. The molecule has 3 nitrogen and oxygen atoms in total. The molecule has 2 aromatic carbocycles. The number of imidazole rings is 1. The van der Waals surface area contributed by atoms with Gasteiger partial charge in [-0.3, -0.25) is 0 Å². The van der Waals surface area contributed by atoms with Crippen LogP contribution in [0.3, 0.4) is 0 Å². The largest absolute Gasteiger partial charge is 0.359 e. The van der Waals surface area contributed by atoms with Crippen LogP contribution in [0.25, 0.3) is 0 Å². The minimum absolute atomic E-state index is 0.432. The molecule has 0 aliphatic carbocycles. The van der Waals surface area contributed by atoms with E-state index in [0.717, 1.165) is 6.54 Å². The third kappa shape index (κ3) is 1.98. The molecule has 21 heavy (non-hydrogen) atoms. The molecule has 0 radical (unpaired) electrons. The molecule has 0 unspecified atom stereocenters. The number of aromatic nitrogens is 2. The first-order valence-corrected chi connectivity index (χ1v) is 7.12. The number of ether oxygens (including phenoxy) is 1. The fourth-order valence-electron chi connectivity index (χ4n) is 3.12. The molecule has 0 fully saturated rings. The van der Waals surface area contributed by atoms with E-state index in [-0.39, 0.29) is 0 Å². The zero-order valence-corrected chi connectivity index (χ0v) is 11.6. The number of rotatable bonds is 3. The van der Waals surface area contributed by atoms with Crippen molar-refractivity contribution in [1.82, 2.24) is 9.55 Å². The summed E-state index contributed by atoms with van der Waals surface area (Å²) >= 11 is 0. The molecule has 0 saturated carbocycles. The summed E-state index contributed by atoms with van der Waals surface area (Å²) in [6, 6.07) is 18.9. The predicted molar refractivity (Wildman–Crippen MR) is 80.7 cm³/mol. The lowest BCUT2D eigenvalue weighted by Crippen LogP contribution is -2.32. The summed E-state index contributed by atoms with van der Waals surface area (Å²) in [7, 11) is 0. The van der Waals surface area contributed by atoms with Gasteiger partial charge in [0, 0.05) is 12.4 Å². The molecule has 0 amide bonds. The highest BCUT2D eigenvalue weighted by atomic mass is 16.5. The Morgan fingerprint density at radius 3 is 2.67 bits per heavy atom. The minimum atomic E-state index is -0.432. The highest BCUT2D eigenvalue weighted by Gasteiger charge is 2.41. The van der Waals surface area contributed by atoms with Crippen LogP contribution >= 0.6 is 0 Å². The fourth-order valence-corrected chi connectivity index (χ4v) is 3.12. The number of hydrogen-bond donors (Lipinski definition) is 0. The highest BCUT2D eigenvalue weighted by molar-refractivity contribution is 5.43. The van der Waals surface area contributed by atoms with Crippen LogP contribution < -0.4 is 0 Å². The quantitative estimate of drug-likeness (QED) is 0.733. The van der Waals surface area contributed by atoms with Gasteiger partial charge in [0.15, 0.2) is 0 Å². The van der Waals surface area contributed by atoms with E-state index in [1.807, 2.05) is 18.6 Å². The van der Waals surface area contributed by atoms with Crippen LogP contribution in [0, 0.1) is 0 Å². The molecule has 1 aromatic heterocycles. The van der Waals surface area contributed by atoms with Crippen LogP contribution in [0.5, 0.6) is 0 Å². The zero-order chi connectivity index (χ0) is 14.1. The van der Waals surface area contributed by atoms with Crippen molar-refractivity contribution in [3.63, 3.8) is 0 Å². The van der Waals surface area contributed by atoms with Crippen molar-refractivity contribution in [3.8, 4) is 0 Å². The van der Waals surface area contributed by atoms with Crippen LogP contribution in [-0.2, 0) is 23.5 Å². The second-order valence-electron chi connectivity index (χ2n) is 5.37. The fraction of sp³-hybridized carbons (Fsp3) is 0.167. The summed E-state index contributed by atoms with van der Waals surface area (Å²) in [4.78, 5) is 4.15. The third-order valence-electron chi connectivity index (χ3n) is 4.13. The van der Waals surface area contributed by atoms with Crippen molar-refractivity contribution in [3.05, 3.63) is 90.0 Å². The van der Waals surface area contributed by atoms with E-state index in [1.54, 1.807) is 6.20 Å². The van der Waals surface area contributed by atoms with E-state index in [9.17, 15) is 0 Å². The van der Waals surface area contributed by atoms with E-state index < -0.39 is 5.60 Å². The first kappa shape index (κ1) is 12.4. The Labute approximate surface area is 123 Å². The van der Waals surface area contributed by atoms with Crippen LogP contribution in [0.4, 0.5) is 0 Å². The maximum Gasteiger partial charge on any atom is 0.137 e. The summed E-state index contributed by atoms with van der Waals surface area (Å²) in [5.74, 6) is 0. The molecule has 0 N–H and O–H groups in total. The van der Waals surface area contributed by atoms with E-state index >= 15 is 0 Å². The van der Waals surface area contributed by atoms with Gasteiger partial charge in [-0.25, -0.2) is 4.98 Å². The van der Waals surface area contributed by atoms with Crippen LogP contribution in [0.15, 0.2) is 73.3 Å². The number of hydrogen-bond acceptors (Lipinski definition) is 2. The predicted octanol–water partition coefficient (Wildman–Crippen LogP) is 3.36. The van der Waals surface area contributed by atoms with Crippen LogP contribution in [0.2, 0.25) is 0 Å². The van der Waals surface area contributed by atoms with E-state index in [0.29, 0.717) is 6.61 Å². The maximum absolute atomic E-state index is 6.32. The molecule has 104 valence electrons. The Kier molecular flexibility index (Phi) is 2.86. The Balaban J connectivity index is 1.88. The van der Waals surface area contributed by atoms with Crippen molar-refractivity contribution in [1.29, 1.82) is 0 Å². The standard InChI is InChI=1S/C18H16N2O/c1-2-7-16(8-3-1)18(13-20-11-10-19-14-20)17-9-5-4-6-15(17)12-21-18/h1-11,14H,12-13H2/t18-/m0/s1. The first-order valence-electron chi connectivity index (χ1n) is 7.12. The van der Waals surface area contributed by atoms with Gasteiger partial charge in [0.2, 0.25) is 0 Å². The first-order chi connectivity index (χ1) is 10.4. The van der Waals surface area contributed by atoms with Gasteiger partial charge in [-0.2, -0.15) is 0 Å². The van der Waals surface area contributed by atoms with Crippen molar-refractivity contribution in [2.24, 2.45) is 0 Å². The van der Waals surface area contributed by atoms with Crippen molar-refractivity contribution in [2.45, 2.75) is 18.8 Å². The molecule has 1 aliphatic heterocycles. The Bertz CT molecular complexity index is 737. The summed E-state index contributed by atoms with van der Waals surface area (Å²) in [6.07, 6.45) is 5.63. The van der Waals surface area contributed by atoms with Gasteiger partial charge >= 0.3 is 0 Å². The molecular formula is C18H16N2O. The lowest BCUT2D eigenvalue weighted by atomic mass is 9.85. The summed E-state index contributed by atoms with van der Waals surface area (Å²) in [5.41, 5.74) is 3.27. The normalized spacial score (nSPS) is 20.4. The molecule has 2 heterocycles. The highest BCUT2D eigenvalue weighted by Crippen LogP contribution is 2.43. The topological polar surface area (TPSA) is 27.1 Å². The second kappa shape index (κ2) is 4.86. The monoisotopic (exact) mass is 276 g/mol. The molecule has 0 bridgehead atoms.